The number of ether oxygens (including phenoxy) is 1. The van der Waals surface area contributed by atoms with Crippen LogP contribution in [-0.4, -0.2) is 62.0 Å². The monoisotopic (exact) mass is 376 g/mol. The van der Waals surface area contributed by atoms with Gasteiger partial charge in [-0.25, -0.2) is 0 Å². The molecule has 0 atom stereocenters. The summed E-state index contributed by atoms with van der Waals surface area (Å²) >= 11 is 0. The second-order valence-corrected chi connectivity index (χ2v) is 6.93. The van der Waals surface area contributed by atoms with Crippen molar-refractivity contribution in [3.8, 4) is 0 Å². The molecule has 1 aliphatic heterocycles. The normalized spacial score (nSPS) is 14.7. The summed E-state index contributed by atoms with van der Waals surface area (Å²) in [5.41, 5.74) is 2.99. The molecule has 0 spiro atoms. The number of esters is 1. The molecule has 0 unspecified atom stereocenters. The van der Waals surface area contributed by atoms with Crippen molar-refractivity contribution >= 4 is 23.5 Å². The lowest BCUT2D eigenvalue weighted by molar-refractivity contribution is -0.895. The fourth-order valence-corrected chi connectivity index (χ4v) is 3.27. The number of aryl methyl sites for hydroxylation is 2. The quantitative estimate of drug-likeness (QED) is 0.672. The van der Waals surface area contributed by atoms with E-state index in [-0.39, 0.29) is 30.6 Å². The van der Waals surface area contributed by atoms with Crippen LogP contribution in [0.5, 0.6) is 0 Å². The topological polar surface area (TPSA) is 80.2 Å². The molecule has 0 aromatic heterocycles. The third kappa shape index (κ3) is 6.36. The molecule has 148 valence electrons. The first-order valence-corrected chi connectivity index (χ1v) is 9.53. The average molecular weight is 376 g/mol. The van der Waals surface area contributed by atoms with E-state index >= 15 is 0 Å². The molecule has 0 aliphatic carbocycles. The maximum Gasteiger partial charge on any atom is 0.306 e. The Bertz CT molecular complexity index is 662. The van der Waals surface area contributed by atoms with Gasteiger partial charge in [-0.3, -0.25) is 14.4 Å². The number of hydrogen-bond donors (Lipinski definition) is 2. The molecular weight excluding hydrogens is 346 g/mol. The SMILES string of the molecule is CCOC(=O)CCC(=O)N1CC[NH+](CC(=O)Nc2c(C)cccc2C)CC1. The molecule has 0 bridgehead atoms. The molecule has 1 aromatic carbocycles. The second kappa shape index (κ2) is 10.1. The maximum absolute atomic E-state index is 12.4. The van der Waals surface area contributed by atoms with Crippen molar-refractivity contribution in [3.05, 3.63) is 29.3 Å². The van der Waals surface area contributed by atoms with Gasteiger partial charge in [0.25, 0.3) is 5.91 Å². The van der Waals surface area contributed by atoms with E-state index in [1.165, 1.54) is 0 Å². The van der Waals surface area contributed by atoms with E-state index in [4.69, 9.17) is 4.74 Å². The van der Waals surface area contributed by atoms with Gasteiger partial charge in [0.2, 0.25) is 5.91 Å². The number of amides is 2. The highest BCUT2D eigenvalue weighted by Crippen LogP contribution is 2.18. The molecule has 2 N–H and O–H groups in total. The Morgan fingerprint density at radius 3 is 2.33 bits per heavy atom. The van der Waals surface area contributed by atoms with Crippen molar-refractivity contribution in [2.24, 2.45) is 0 Å². The number of carbonyl (C=O) groups excluding carboxylic acids is 3. The maximum atomic E-state index is 12.4. The Morgan fingerprint density at radius 1 is 1.11 bits per heavy atom. The zero-order valence-electron chi connectivity index (χ0n) is 16.5. The molecule has 27 heavy (non-hydrogen) atoms. The van der Waals surface area contributed by atoms with Gasteiger partial charge in [0.05, 0.1) is 39.2 Å². The number of carbonyl (C=O) groups is 3. The highest BCUT2D eigenvalue weighted by molar-refractivity contribution is 5.93. The summed E-state index contributed by atoms with van der Waals surface area (Å²) in [6, 6.07) is 5.94. The summed E-state index contributed by atoms with van der Waals surface area (Å²) in [6.45, 7) is 9.10. The lowest BCUT2D eigenvalue weighted by Crippen LogP contribution is -3.15. The Morgan fingerprint density at radius 2 is 1.74 bits per heavy atom. The van der Waals surface area contributed by atoms with Gasteiger partial charge < -0.3 is 19.9 Å². The van der Waals surface area contributed by atoms with Crippen molar-refractivity contribution in [2.45, 2.75) is 33.6 Å². The molecule has 7 nitrogen and oxygen atoms in total. The Labute approximate surface area is 160 Å². The molecule has 2 amide bonds. The average Bonchev–Trinajstić information content (AvgIpc) is 2.64. The van der Waals surface area contributed by atoms with Gasteiger partial charge in [0.1, 0.15) is 0 Å². The number of nitrogens with zero attached hydrogens (tertiary/aromatic N) is 1. The van der Waals surface area contributed by atoms with Crippen molar-refractivity contribution in [3.63, 3.8) is 0 Å². The molecule has 1 fully saturated rings. The van der Waals surface area contributed by atoms with Gasteiger partial charge in [0.15, 0.2) is 6.54 Å². The second-order valence-electron chi connectivity index (χ2n) is 6.93. The zero-order chi connectivity index (χ0) is 19.8. The standard InChI is InChI=1S/C20H29N3O4/c1-4-27-19(26)9-8-18(25)23-12-10-22(11-13-23)14-17(24)21-20-15(2)6-5-7-16(20)3/h5-7H,4,8-14H2,1-3H3,(H,21,24)/p+1. The summed E-state index contributed by atoms with van der Waals surface area (Å²) in [4.78, 5) is 38.8. The van der Waals surface area contributed by atoms with E-state index in [2.05, 4.69) is 5.32 Å². The first-order valence-electron chi connectivity index (χ1n) is 9.53. The van der Waals surface area contributed by atoms with Gasteiger partial charge in [-0.15, -0.1) is 0 Å². The van der Waals surface area contributed by atoms with Crippen molar-refractivity contribution in [2.75, 3.05) is 44.6 Å². The van der Waals surface area contributed by atoms with Gasteiger partial charge in [-0.2, -0.15) is 0 Å². The summed E-state index contributed by atoms with van der Waals surface area (Å²) in [6.07, 6.45) is 0.305. The number of rotatable bonds is 7. The van der Waals surface area contributed by atoms with Gasteiger partial charge in [-0.05, 0) is 31.9 Å². The van der Waals surface area contributed by atoms with Crippen LogP contribution in [-0.2, 0) is 19.1 Å². The number of piperazine rings is 1. The van der Waals surface area contributed by atoms with E-state index in [0.29, 0.717) is 26.2 Å². The van der Waals surface area contributed by atoms with Crippen LogP contribution in [0, 0.1) is 13.8 Å². The largest absolute Gasteiger partial charge is 0.466 e. The van der Waals surface area contributed by atoms with E-state index in [9.17, 15) is 14.4 Å². The first kappa shape index (κ1) is 20.9. The van der Waals surface area contributed by atoms with E-state index < -0.39 is 0 Å². The van der Waals surface area contributed by atoms with Crippen molar-refractivity contribution < 1.29 is 24.0 Å². The van der Waals surface area contributed by atoms with Crippen LogP contribution in [0.3, 0.4) is 0 Å². The number of nitrogens with one attached hydrogen (secondary N) is 2. The van der Waals surface area contributed by atoms with Crippen LogP contribution in [0.2, 0.25) is 0 Å². The highest BCUT2D eigenvalue weighted by Gasteiger charge is 2.25. The summed E-state index contributed by atoms with van der Waals surface area (Å²) in [7, 11) is 0. The number of para-hydroxylation sites is 1. The molecule has 0 radical (unpaired) electrons. The minimum atomic E-state index is -0.335. The van der Waals surface area contributed by atoms with E-state index in [1.54, 1.807) is 11.8 Å². The molecule has 0 saturated carbocycles. The number of anilines is 1. The van der Waals surface area contributed by atoms with Crippen molar-refractivity contribution in [1.82, 2.24) is 4.90 Å². The number of benzene rings is 1. The molecule has 1 aromatic rings. The smallest absolute Gasteiger partial charge is 0.306 e. The van der Waals surface area contributed by atoms with Crippen LogP contribution < -0.4 is 10.2 Å². The predicted octanol–water partition coefficient (Wildman–Crippen LogP) is 0.312. The summed E-state index contributed by atoms with van der Waals surface area (Å²) in [5.74, 6) is -0.371. The van der Waals surface area contributed by atoms with Crippen molar-refractivity contribution in [1.29, 1.82) is 0 Å². The predicted molar refractivity (Wildman–Crippen MR) is 103 cm³/mol. The lowest BCUT2D eigenvalue weighted by atomic mass is 10.1. The minimum absolute atomic E-state index is 0.00973. The molecule has 1 saturated heterocycles. The van der Waals surface area contributed by atoms with E-state index in [1.807, 2.05) is 32.0 Å². The van der Waals surface area contributed by atoms with Crippen LogP contribution in [0.1, 0.15) is 30.9 Å². The lowest BCUT2D eigenvalue weighted by Gasteiger charge is -2.32. The first-order chi connectivity index (χ1) is 12.9. The minimum Gasteiger partial charge on any atom is -0.466 e. The molecule has 2 rings (SSSR count). The van der Waals surface area contributed by atoms with E-state index in [0.717, 1.165) is 34.8 Å². The fourth-order valence-electron chi connectivity index (χ4n) is 3.27. The third-order valence-corrected chi connectivity index (χ3v) is 4.83. The highest BCUT2D eigenvalue weighted by atomic mass is 16.5. The van der Waals surface area contributed by atoms with Crippen LogP contribution in [0.15, 0.2) is 18.2 Å². The van der Waals surface area contributed by atoms with Crippen LogP contribution in [0.4, 0.5) is 5.69 Å². The van der Waals surface area contributed by atoms with Gasteiger partial charge >= 0.3 is 5.97 Å². The van der Waals surface area contributed by atoms with Crippen LogP contribution in [0.25, 0.3) is 0 Å². The number of quaternary nitrogens is 1. The third-order valence-electron chi connectivity index (χ3n) is 4.83. The Kier molecular flexibility index (Phi) is 7.79. The molecular formula is C20H30N3O4+. The summed E-state index contributed by atoms with van der Waals surface area (Å²) in [5, 5.41) is 3.01. The zero-order valence-corrected chi connectivity index (χ0v) is 16.5. The van der Waals surface area contributed by atoms with Gasteiger partial charge in [0, 0.05) is 12.1 Å². The Hall–Kier alpha value is -2.41. The van der Waals surface area contributed by atoms with Crippen LogP contribution >= 0.6 is 0 Å². The van der Waals surface area contributed by atoms with Gasteiger partial charge in [-0.1, -0.05) is 18.2 Å². The summed E-state index contributed by atoms with van der Waals surface area (Å²) < 4.78 is 4.85. The fraction of sp³-hybridized carbons (Fsp3) is 0.550. The Balaban J connectivity index is 1.74. The molecule has 1 aliphatic rings. The molecule has 7 heteroatoms. The number of hydrogen-bond acceptors (Lipinski definition) is 4. The molecule has 1 heterocycles.